The lowest BCUT2D eigenvalue weighted by atomic mass is 10.2. The second kappa shape index (κ2) is 5.14. The first-order valence-electron chi connectivity index (χ1n) is 4.22. The van der Waals surface area contributed by atoms with E-state index >= 15 is 0 Å². The molecule has 1 amide bonds. The van der Waals surface area contributed by atoms with Gasteiger partial charge in [-0.05, 0) is 6.07 Å². The number of non-ortho nitro benzene ring substituents is 1. The average molecular weight is 239 g/mol. The fourth-order valence-corrected chi connectivity index (χ4v) is 1.17. The molecule has 1 aromatic carbocycles. The van der Waals surface area contributed by atoms with E-state index in [4.69, 9.17) is 17.3 Å². The maximum Gasteiger partial charge on any atom is 0.271 e. The van der Waals surface area contributed by atoms with Crippen LogP contribution in [0.1, 0.15) is 12.0 Å². The Morgan fingerprint density at radius 1 is 1.56 bits per heavy atom. The van der Waals surface area contributed by atoms with Crippen molar-refractivity contribution in [2.45, 2.75) is 6.42 Å². The summed E-state index contributed by atoms with van der Waals surface area (Å²) in [4.78, 5) is 20.3. The number of primary amides is 1. The fourth-order valence-electron chi connectivity index (χ4n) is 0.945. The van der Waals surface area contributed by atoms with Gasteiger partial charge in [0.15, 0.2) is 0 Å². The molecule has 0 unspecified atom stereocenters. The van der Waals surface area contributed by atoms with Crippen LogP contribution in [0.4, 0.5) is 5.69 Å². The zero-order valence-electron chi connectivity index (χ0n) is 8.07. The van der Waals surface area contributed by atoms with Gasteiger partial charge in [-0.2, -0.15) is 0 Å². The number of carbonyl (C=O) groups excluding carboxylic acids is 1. The van der Waals surface area contributed by atoms with Crippen LogP contribution in [0.25, 0.3) is 0 Å². The summed E-state index contributed by atoms with van der Waals surface area (Å²) in [5.74, 6) is 4.58. The third-order valence-corrected chi connectivity index (χ3v) is 1.96. The van der Waals surface area contributed by atoms with Gasteiger partial charge in [0.1, 0.15) is 0 Å². The molecule has 0 atom stereocenters. The van der Waals surface area contributed by atoms with Gasteiger partial charge in [-0.15, -0.1) is 0 Å². The zero-order valence-corrected chi connectivity index (χ0v) is 8.82. The van der Waals surface area contributed by atoms with Crippen molar-refractivity contribution < 1.29 is 9.72 Å². The van der Waals surface area contributed by atoms with E-state index in [1.165, 1.54) is 18.2 Å². The number of benzene rings is 1. The molecule has 1 aromatic rings. The minimum Gasteiger partial charge on any atom is -0.369 e. The van der Waals surface area contributed by atoms with E-state index in [-0.39, 0.29) is 17.1 Å². The van der Waals surface area contributed by atoms with E-state index < -0.39 is 10.8 Å². The summed E-state index contributed by atoms with van der Waals surface area (Å²) in [6, 6.07) is 3.92. The Labute approximate surface area is 96.3 Å². The topological polar surface area (TPSA) is 86.2 Å². The number of nitrogens with zero attached hydrogens (tertiary/aromatic N) is 1. The molecule has 0 aromatic heterocycles. The van der Waals surface area contributed by atoms with Gasteiger partial charge in [0.05, 0.1) is 16.4 Å². The van der Waals surface area contributed by atoms with Crippen LogP contribution in [0.2, 0.25) is 5.02 Å². The van der Waals surface area contributed by atoms with E-state index in [2.05, 4.69) is 11.8 Å². The van der Waals surface area contributed by atoms with Crippen molar-refractivity contribution in [1.29, 1.82) is 0 Å². The zero-order chi connectivity index (χ0) is 12.1. The number of nitro benzene ring substituents is 1. The van der Waals surface area contributed by atoms with Crippen molar-refractivity contribution in [1.82, 2.24) is 0 Å². The number of amides is 1. The van der Waals surface area contributed by atoms with Gasteiger partial charge in [0.2, 0.25) is 5.91 Å². The SMILES string of the molecule is NC(=O)CC#Cc1ccc([N+](=O)[O-])cc1Cl. The Morgan fingerprint density at radius 2 is 2.25 bits per heavy atom. The molecule has 82 valence electrons. The van der Waals surface area contributed by atoms with E-state index in [0.717, 1.165) is 0 Å². The van der Waals surface area contributed by atoms with E-state index in [9.17, 15) is 14.9 Å². The molecule has 0 aliphatic carbocycles. The first-order valence-corrected chi connectivity index (χ1v) is 4.59. The summed E-state index contributed by atoms with van der Waals surface area (Å²) in [7, 11) is 0. The lowest BCUT2D eigenvalue weighted by molar-refractivity contribution is -0.384. The van der Waals surface area contributed by atoms with Gasteiger partial charge in [-0.1, -0.05) is 23.4 Å². The molecule has 0 saturated heterocycles. The molecule has 0 aliphatic rings. The van der Waals surface area contributed by atoms with E-state index in [0.29, 0.717) is 5.56 Å². The molecular weight excluding hydrogens is 232 g/mol. The Hall–Kier alpha value is -2.06. The molecule has 0 fully saturated rings. The maximum absolute atomic E-state index is 10.4. The first kappa shape index (κ1) is 12.0. The van der Waals surface area contributed by atoms with Crippen LogP contribution in [-0.2, 0) is 4.79 Å². The predicted octanol–water partition coefficient (Wildman–Crippen LogP) is 1.48. The van der Waals surface area contributed by atoms with Crippen LogP contribution in [0.3, 0.4) is 0 Å². The first-order chi connectivity index (χ1) is 7.50. The van der Waals surface area contributed by atoms with Gasteiger partial charge in [0, 0.05) is 17.7 Å². The van der Waals surface area contributed by atoms with Crippen molar-refractivity contribution in [3.63, 3.8) is 0 Å². The molecule has 2 N–H and O–H groups in total. The highest BCUT2D eigenvalue weighted by Crippen LogP contribution is 2.21. The van der Waals surface area contributed by atoms with Crippen molar-refractivity contribution in [3.8, 4) is 11.8 Å². The quantitative estimate of drug-likeness (QED) is 0.481. The van der Waals surface area contributed by atoms with Crippen LogP contribution in [0.5, 0.6) is 0 Å². The second-order valence-electron chi connectivity index (χ2n) is 2.87. The molecule has 0 aliphatic heterocycles. The summed E-state index contributed by atoms with van der Waals surface area (Å²) < 4.78 is 0. The lowest BCUT2D eigenvalue weighted by Gasteiger charge is -1.95. The van der Waals surface area contributed by atoms with Gasteiger partial charge in [-0.3, -0.25) is 14.9 Å². The van der Waals surface area contributed by atoms with Crippen molar-refractivity contribution in [3.05, 3.63) is 38.9 Å². The minimum absolute atomic E-state index is 0.0761. The minimum atomic E-state index is -0.549. The molecule has 1 rings (SSSR count). The number of nitro groups is 1. The fraction of sp³-hybridized carbons (Fsp3) is 0.100. The number of nitrogens with two attached hydrogens (primary N) is 1. The highest BCUT2D eigenvalue weighted by molar-refractivity contribution is 6.32. The van der Waals surface area contributed by atoms with E-state index in [1.54, 1.807) is 0 Å². The summed E-state index contributed by atoms with van der Waals surface area (Å²) in [5.41, 5.74) is 5.21. The summed E-state index contributed by atoms with van der Waals surface area (Å²) in [5, 5.41) is 10.6. The number of hydrogen-bond donors (Lipinski definition) is 1. The molecule has 0 spiro atoms. The van der Waals surface area contributed by atoms with Gasteiger partial charge < -0.3 is 5.73 Å². The normalized spacial score (nSPS) is 9.06. The maximum atomic E-state index is 10.4. The number of rotatable bonds is 2. The lowest BCUT2D eigenvalue weighted by Crippen LogP contribution is -2.08. The Kier molecular flexibility index (Phi) is 3.86. The number of hydrogen-bond acceptors (Lipinski definition) is 3. The van der Waals surface area contributed by atoms with Crippen LogP contribution >= 0.6 is 11.6 Å². The van der Waals surface area contributed by atoms with Crippen LogP contribution < -0.4 is 5.73 Å². The van der Waals surface area contributed by atoms with E-state index in [1.807, 2.05) is 0 Å². The number of carbonyl (C=O) groups is 1. The molecular formula is C10H7ClN2O3. The molecule has 0 radical (unpaired) electrons. The van der Waals surface area contributed by atoms with Gasteiger partial charge in [0.25, 0.3) is 5.69 Å². The highest BCUT2D eigenvalue weighted by Gasteiger charge is 2.07. The molecule has 0 heterocycles. The van der Waals surface area contributed by atoms with Crippen LogP contribution in [0, 0.1) is 22.0 Å². The molecule has 6 heteroatoms. The van der Waals surface area contributed by atoms with Crippen molar-refractivity contribution in [2.75, 3.05) is 0 Å². The highest BCUT2D eigenvalue weighted by atomic mass is 35.5. The van der Waals surface area contributed by atoms with Crippen molar-refractivity contribution in [2.24, 2.45) is 5.73 Å². The molecule has 5 nitrogen and oxygen atoms in total. The van der Waals surface area contributed by atoms with Crippen LogP contribution in [0.15, 0.2) is 18.2 Å². The predicted molar refractivity (Wildman–Crippen MR) is 58.8 cm³/mol. The van der Waals surface area contributed by atoms with Gasteiger partial charge >= 0.3 is 0 Å². The second-order valence-corrected chi connectivity index (χ2v) is 3.27. The standard InChI is InChI=1S/C10H7ClN2O3/c11-9-6-8(13(15)16)5-4-7(9)2-1-3-10(12)14/h4-6H,3H2,(H2,12,14). The largest absolute Gasteiger partial charge is 0.369 e. The van der Waals surface area contributed by atoms with Crippen LogP contribution in [-0.4, -0.2) is 10.8 Å². The molecule has 16 heavy (non-hydrogen) atoms. The summed E-state index contributed by atoms with van der Waals surface area (Å²) in [6.45, 7) is 0. The Bertz CT molecular complexity index is 503. The molecule has 0 bridgehead atoms. The third-order valence-electron chi connectivity index (χ3n) is 1.65. The average Bonchev–Trinajstić information content (AvgIpc) is 2.19. The smallest absolute Gasteiger partial charge is 0.271 e. The van der Waals surface area contributed by atoms with Crippen molar-refractivity contribution >= 4 is 23.2 Å². The molecule has 0 saturated carbocycles. The third kappa shape index (κ3) is 3.26. The number of halogens is 1. The summed E-state index contributed by atoms with van der Waals surface area (Å²) >= 11 is 5.77. The Morgan fingerprint density at radius 3 is 2.75 bits per heavy atom. The summed E-state index contributed by atoms with van der Waals surface area (Å²) in [6.07, 6.45) is -0.0761. The monoisotopic (exact) mass is 238 g/mol. The Balaban J connectivity index is 2.94. The van der Waals surface area contributed by atoms with Gasteiger partial charge in [-0.25, -0.2) is 0 Å².